The van der Waals surface area contributed by atoms with Crippen molar-refractivity contribution >= 4 is 38.4 Å². The van der Waals surface area contributed by atoms with Crippen molar-refractivity contribution in [3.05, 3.63) is 69.3 Å². The summed E-state index contributed by atoms with van der Waals surface area (Å²) in [6.07, 6.45) is 3.38. The largest absolute Gasteiger partial charge is 0.388 e. The van der Waals surface area contributed by atoms with Crippen LogP contribution in [0.25, 0.3) is 10.9 Å². The molecular formula is C19H19BrClNO. The molecule has 0 saturated carbocycles. The molecule has 4 heteroatoms. The molecule has 0 bridgehead atoms. The zero-order valence-corrected chi connectivity index (χ0v) is 15.3. The van der Waals surface area contributed by atoms with Crippen LogP contribution in [-0.2, 0) is 6.54 Å². The average Bonchev–Trinajstić information content (AvgIpc) is 2.88. The van der Waals surface area contributed by atoms with E-state index in [0.717, 1.165) is 45.3 Å². The SMILES string of the molecule is CCCC(O)c1cn(Cc2ccc(Cl)cc2)c2ccc(Br)cc12. The molecule has 2 nitrogen and oxygen atoms in total. The number of hydrogen-bond donors (Lipinski definition) is 1. The number of aromatic nitrogens is 1. The molecular weight excluding hydrogens is 374 g/mol. The van der Waals surface area contributed by atoms with Crippen molar-refractivity contribution in [2.45, 2.75) is 32.4 Å². The number of benzene rings is 2. The maximum Gasteiger partial charge on any atom is 0.0810 e. The van der Waals surface area contributed by atoms with Crippen molar-refractivity contribution in [3.8, 4) is 0 Å². The summed E-state index contributed by atoms with van der Waals surface area (Å²) in [6.45, 7) is 2.85. The molecule has 3 rings (SSSR count). The first kappa shape index (κ1) is 16.6. The van der Waals surface area contributed by atoms with E-state index >= 15 is 0 Å². The van der Waals surface area contributed by atoms with Gasteiger partial charge >= 0.3 is 0 Å². The molecule has 0 fully saturated rings. The molecule has 0 radical (unpaired) electrons. The summed E-state index contributed by atoms with van der Waals surface area (Å²) in [4.78, 5) is 0. The Hall–Kier alpha value is -1.29. The van der Waals surface area contributed by atoms with Crippen LogP contribution in [0, 0.1) is 0 Å². The Bertz CT molecular complexity index is 810. The van der Waals surface area contributed by atoms with E-state index in [9.17, 15) is 5.11 Å². The van der Waals surface area contributed by atoms with Crippen molar-refractivity contribution in [3.63, 3.8) is 0 Å². The summed E-state index contributed by atoms with van der Waals surface area (Å²) < 4.78 is 3.22. The van der Waals surface area contributed by atoms with Crippen LogP contribution in [-0.4, -0.2) is 9.67 Å². The number of aliphatic hydroxyl groups excluding tert-OH is 1. The summed E-state index contributed by atoms with van der Waals surface area (Å²) in [6, 6.07) is 14.1. The first-order chi connectivity index (χ1) is 11.1. The molecule has 120 valence electrons. The Kier molecular flexibility index (Phi) is 5.10. The second-order valence-electron chi connectivity index (χ2n) is 5.80. The average molecular weight is 393 g/mol. The van der Waals surface area contributed by atoms with Crippen LogP contribution < -0.4 is 0 Å². The van der Waals surface area contributed by atoms with E-state index in [2.05, 4.69) is 45.8 Å². The number of rotatable bonds is 5. The lowest BCUT2D eigenvalue weighted by atomic mass is 10.0. The van der Waals surface area contributed by atoms with Gasteiger partial charge in [-0.25, -0.2) is 0 Å². The molecule has 0 saturated heterocycles. The van der Waals surface area contributed by atoms with Gasteiger partial charge in [0.2, 0.25) is 0 Å². The summed E-state index contributed by atoms with van der Waals surface area (Å²) in [5.74, 6) is 0. The van der Waals surface area contributed by atoms with E-state index in [-0.39, 0.29) is 0 Å². The third kappa shape index (κ3) is 3.63. The molecule has 3 aromatic rings. The monoisotopic (exact) mass is 391 g/mol. The molecule has 1 atom stereocenters. The second kappa shape index (κ2) is 7.08. The van der Waals surface area contributed by atoms with Gasteiger partial charge in [0.1, 0.15) is 0 Å². The molecule has 0 aliphatic carbocycles. The summed E-state index contributed by atoms with van der Waals surface area (Å²) in [7, 11) is 0. The zero-order chi connectivity index (χ0) is 16.4. The quantitative estimate of drug-likeness (QED) is 0.571. The number of halogens is 2. The first-order valence-corrected chi connectivity index (χ1v) is 8.96. The fourth-order valence-electron chi connectivity index (χ4n) is 2.91. The van der Waals surface area contributed by atoms with Crippen molar-refractivity contribution in [2.24, 2.45) is 0 Å². The van der Waals surface area contributed by atoms with Gasteiger partial charge in [-0.2, -0.15) is 0 Å². The molecule has 2 aromatic carbocycles. The Balaban J connectivity index is 2.04. The van der Waals surface area contributed by atoms with Crippen molar-refractivity contribution in [2.75, 3.05) is 0 Å². The Labute approximate surface area is 149 Å². The first-order valence-electron chi connectivity index (χ1n) is 7.79. The van der Waals surface area contributed by atoms with Crippen LogP contribution in [0.3, 0.4) is 0 Å². The van der Waals surface area contributed by atoms with Crippen LogP contribution in [0.4, 0.5) is 0 Å². The fourth-order valence-corrected chi connectivity index (χ4v) is 3.40. The Morgan fingerprint density at radius 1 is 1.17 bits per heavy atom. The van der Waals surface area contributed by atoms with Crippen molar-refractivity contribution in [1.82, 2.24) is 4.57 Å². The number of hydrogen-bond acceptors (Lipinski definition) is 1. The fraction of sp³-hybridized carbons (Fsp3) is 0.263. The predicted octanol–water partition coefficient (Wildman–Crippen LogP) is 5.94. The molecule has 1 aromatic heterocycles. The van der Waals surface area contributed by atoms with Gasteiger partial charge in [0, 0.05) is 38.7 Å². The minimum absolute atomic E-state index is 0.428. The molecule has 1 N–H and O–H groups in total. The maximum atomic E-state index is 10.5. The van der Waals surface area contributed by atoms with Gasteiger partial charge in [-0.3, -0.25) is 0 Å². The van der Waals surface area contributed by atoms with E-state index in [1.165, 1.54) is 5.56 Å². The van der Waals surface area contributed by atoms with Gasteiger partial charge in [0.05, 0.1) is 6.10 Å². The van der Waals surface area contributed by atoms with E-state index < -0.39 is 6.10 Å². The van der Waals surface area contributed by atoms with Crippen LogP contribution in [0.5, 0.6) is 0 Å². The van der Waals surface area contributed by atoms with Gasteiger partial charge in [0.25, 0.3) is 0 Å². The van der Waals surface area contributed by atoms with E-state index in [1.807, 2.05) is 30.3 Å². The minimum Gasteiger partial charge on any atom is -0.388 e. The Morgan fingerprint density at radius 2 is 1.91 bits per heavy atom. The van der Waals surface area contributed by atoms with Crippen LogP contribution in [0.15, 0.2) is 53.1 Å². The van der Waals surface area contributed by atoms with Gasteiger partial charge in [-0.05, 0) is 42.3 Å². The minimum atomic E-state index is -0.428. The molecule has 23 heavy (non-hydrogen) atoms. The van der Waals surface area contributed by atoms with Gasteiger partial charge < -0.3 is 9.67 Å². The highest BCUT2D eigenvalue weighted by Gasteiger charge is 2.15. The number of fused-ring (bicyclic) bond motifs is 1. The van der Waals surface area contributed by atoms with Gasteiger partial charge in [0.15, 0.2) is 0 Å². The molecule has 1 heterocycles. The van der Waals surface area contributed by atoms with Crippen LogP contribution >= 0.6 is 27.5 Å². The lowest BCUT2D eigenvalue weighted by Gasteiger charge is -2.07. The molecule has 0 aliphatic rings. The lowest BCUT2D eigenvalue weighted by Crippen LogP contribution is -1.98. The molecule has 0 spiro atoms. The van der Waals surface area contributed by atoms with E-state index in [0.29, 0.717) is 0 Å². The number of aliphatic hydroxyl groups is 1. The topological polar surface area (TPSA) is 25.2 Å². The second-order valence-corrected chi connectivity index (χ2v) is 7.16. The third-order valence-electron chi connectivity index (χ3n) is 4.06. The lowest BCUT2D eigenvalue weighted by molar-refractivity contribution is 0.168. The van der Waals surface area contributed by atoms with Crippen LogP contribution in [0.2, 0.25) is 5.02 Å². The van der Waals surface area contributed by atoms with Crippen molar-refractivity contribution < 1.29 is 5.11 Å². The van der Waals surface area contributed by atoms with Gasteiger partial charge in [-0.1, -0.05) is 53.0 Å². The predicted molar refractivity (Wildman–Crippen MR) is 100 cm³/mol. The molecule has 1 unspecified atom stereocenters. The number of nitrogens with zero attached hydrogens (tertiary/aromatic N) is 1. The molecule has 0 aliphatic heterocycles. The maximum absolute atomic E-state index is 10.5. The standard InChI is InChI=1S/C19H19BrClNO/c1-2-3-19(23)17-12-22(11-13-4-7-15(21)8-5-13)18-9-6-14(20)10-16(17)18/h4-10,12,19,23H,2-3,11H2,1H3. The Morgan fingerprint density at radius 3 is 2.61 bits per heavy atom. The van der Waals surface area contributed by atoms with Crippen LogP contribution in [0.1, 0.15) is 37.0 Å². The highest BCUT2D eigenvalue weighted by molar-refractivity contribution is 9.10. The highest BCUT2D eigenvalue weighted by Crippen LogP contribution is 2.31. The van der Waals surface area contributed by atoms with Gasteiger partial charge in [-0.15, -0.1) is 0 Å². The highest BCUT2D eigenvalue weighted by atomic mass is 79.9. The summed E-state index contributed by atoms with van der Waals surface area (Å²) >= 11 is 9.50. The molecule has 0 amide bonds. The normalized spacial score (nSPS) is 12.7. The van der Waals surface area contributed by atoms with E-state index in [4.69, 9.17) is 11.6 Å². The van der Waals surface area contributed by atoms with Crippen molar-refractivity contribution in [1.29, 1.82) is 0 Å². The van der Waals surface area contributed by atoms with E-state index in [1.54, 1.807) is 0 Å². The summed E-state index contributed by atoms with van der Waals surface area (Å²) in [5, 5.41) is 12.3. The third-order valence-corrected chi connectivity index (χ3v) is 4.81. The zero-order valence-electron chi connectivity index (χ0n) is 13.0. The summed E-state index contributed by atoms with van der Waals surface area (Å²) in [5.41, 5.74) is 3.32. The smallest absolute Gasteiger partial charge is 0.0810 e.